The molecule has 3 rings (SSSR count). The number of hydrogen-bond donors (Lipinski definition) is 2. The number of benzene rings is 1. The number of anilines is 1. The van der Waals surface area contributed by atoms with Gasteiger partial charge in [0.15, 0.2) is 0 Å². The first kappa shape index (κ1) is 18.8. The van der Waals surface area contributed by atoms with Crippen LogP contribution >= 0.6 is 15.9 Å². The molecule has 27 heavy (non-hydrogen) atoms. The molecule has 0 radical (unpaired) electrons. The Morgan fingerprint density at radius 1 is 1.19 bits per heavy atom. The van der Waals surface area contributed by atoms with Gasteiger partial charge in [0.25, 0.3) is 11.5 Å². The topological polar surface area (TPSA) is 99.2 Å². The Labute approximate surface area is 163 Å². The van der Waals surface area contributed by atoms with E-state index in [9.17, 15) is 9.59 Å². The van der Waals surface area contributed by atoms with Gasteiger partial charge < -0.3 is 20.4 Å². The summed E-state index contributed by atoms with van der Waals surface area (Å²) in [5.74, 6) is 0.673. The second-order valence-electron chi connectivity index (χ2n) is 5.63. The molecule has 0 aliphatic heterocycles. The lowest BCUT2D eigenvalue weighted by Crippen LogP contribution is -2.30. The van der Waals surface area contributed by atoms with Crippen molar-refractivity contribution in [1.82, 2.24) is 9.55 Å². The summed E-state index contributed by atoms with van der Waals surface area (Å²) in [6.45, 7) is 0.625. The summed E-state index contributed by atoms with van der Waals surface area (Å²) in [5, 5.41) is 2.73. The molecule has 3 aromatic rings. The van der Waals surface area contributed by atoms with Gasteiger partial charge in [-0.05, 0) is 46.3 Å². The van der Waals surface area contributed by atoms with Crippen LogP contribution in [0.15, 0.2) is 70.3 Å². The van der Waals surface area contributed by atoms with Crippen molar-refractivity contribution in [3.63, 3.8) is 0 Å². The van der Waals surface area contributed by atoms with Crippen molar-refractivity contribution < 1.29 is 9.53 Å². The van der Waals surface area contributed by atoms with E-state index in [0.29, 0.717) is 34.7 Å². The van der Waals surface area contributed by atoms with E-state index in [1.165, 1.54) is 10.6 Å². The average molecular weight is 429 g/mol. The van der Waals surface area contributed by atoms with Gasteiger partial charge in [-0.15, -0.1) is 0 Å². The summed E-state index contributed by atoms with van der Waals surface area (Å²) >= 11 is 3.31. The molecule has 0 saturated heterocycles. The fourth-order valence-corrected chi connectivity index (χ4v) is 2.92. The number of pyridine rings is 2. The number of nitrogens with zero attached hydrogens (tertiary/aromatic N) is 2. The second kappa shape index (κ2) is 8.61. The highest BCUT2D eigenvalue weighted by molar-refractivity contribution is 9.10. The molecule has 0 fully saturated rings. The lowest BCUT2D eigenvalue weighted by Gasteiger charge is -2.10. The number of hydrogen-bond acceptors (Lipinski definition) is 5. The zero-order chi connectivity index (χ0) is 19.2. The highest BCUT2D eigenvalue weighted by Gasteiger charge is 2.14. The summed E-state index contributed by atoms with van der Waals surface area (Å²) in [6.07, 6.45) is 4.86. The van der Waals surface area contributed by atoms with E-state index in [2.05, 4.69) is 26.2 Å². The van der Waals surface area contributed by atoms with Gasteiger partial charge >= 0.3 is 0 Å². The minimum atomic E-state index is -0.506. The molecule has 0 aliphatic carbocycles. The van der Waals surface area contributed by atoms with Crippen molar-refractivity contribution in [1.29, 1.82) is 0 Å². The predicted octanol–water partition coefficient (Wildman–Crippen LogP) is 3.01. The maximum absolute atomic E-state index is 12.6. The molecular weight excluding hydrogens is 412 g/mol. The van der Waals surface area contributed by atoms with Gasteiger partial charge in [-0.25, -0.2) is 0 Å². The number of carbonyl (C=O) groups is 1. The number of halogens is 1. The molecule has 0 bridgehead atoms. The molecule has 0 unspecified atom stereocenters. The monoisotopic (exact) mass is 428 g/mol. The lowest BCUT2D eigenvalue weighted by atomic mass is 10.2. The summed E-state index contributed by atoms with van der Waals surface area (Å²) in [7, 11) is 0. The Morgan fingerprint density at radius 3 is 2.70 bits per heavy atom. The van der Waals surface area contributed by atoms with E-state index in [1.807, 2.05) is 0 Å². The molecule has 0 saturated carbocycles. The normalized spacial score (nSPS) is 10.4. The van der Waals surface area contributed by atoms with Crippen LogP contribution in [0.2, 0.25) is 0 Å². The van der Waals surface area contributed by atoms with Crippen molar-refractivity contribution in [2.75, 3.05) is 11.9 Å². The van der Waals surface area contributed by atoms with Gasteiger partial charge in [-0.1, -0.05) is 6.07 Å². The third kappa shape index (κ3) is 4.81. The molecule has 8 heteroatoms. The van der Waals surface area contributed by atoms with Crippen molar-refractivity contribution >= 4 is 27.5 Å². The molecular formula is C19H17BrN4O3. The van der Waals surface area contributed by atoms with E-state index in [0.717, 1.165) is 0 Å². The molecule has 1 aromatic carbocycles. The average Bonchev–Trinajstić information content (AvgIpc) is 2.65. The van der Waals surface area contributed by atoms with Crippen LogP contribution in [0.5, 0.6) is 11.5 Å². The van der Waals surface area contributed by atoms with Crippen LogP contribution in [-0.2, 0) is 6.54 Å². The molecule has 2 heterocycles. The van der Waals surface area contributed by atoms with E-state index in [-0.39, 0.29) is 5.56 Å². The smallest absolute Gasteiger partial charge is 0.263 e. The van der Waals surface area contributed by atoms with Gasteiger partial charge in [0.2, 0.25) is 0 Å². The first-order valence-corrected chi connectivity index (χ1v) is 8.95. The quantitative estimate of drug-likeness (QED) is 0.628. The third-order valence-corrected chi connectivity index (χ3v) is 4.08. The van der Waals surface area contributed by atoms with Crippen LogP contribution in [-0.4, -0.2) is 22.0 Å². The second-order valence-corrected chi connectivity index (χ2v) is 6.54. The van der Waals surface area contributed by atoms with Gasteiger partial charge in [-0.3, -0.25) is 14.6 Å². The Hall–Kier alpha value is -2.97. The molecule has 2 aromatic heterocycles. The number of carbonyl (C=O) groups excluding carboxylic acids is 1. The van der Waals surface area contributed by atoms with E-state index >= 15 is 0 Å². The number of aromatic nitrogens is 2. The Bertz CT molecular complexity index is 1010. The highest BCUT2D eigenvalue weighted by Crippen LogP contribution is 2.23. The molecule has 138 valence electrons. The molecule has 1 amide bonds. The molecule has 0 atom stereocenters. The Morgan fingerprint density at radius 2 is 1.96 bits per heavy atom. The summed E-state index contributed by atoms with van der Waals surface area (Å²) in [4.78, 5) is 29.0. The molecule has 3 N–H and O–H groups in total. The number of nitrogens with one attached hydrogen (secondary N) is 1. The maximum atomic E-state index is 12.6. The van der Waals surface area contributed by atoms with Gasteiger partial charge in [0.05, 0.1) is 0 Å². The molecule has 7 nitrogen and oxygen atoms in total. The van der Waals surface area contributed by atoms with E-state index < -0.39 is 11.5 Å². The van der Waals surface area contributed by atoms with Crippen molar-refractivity contribution in [2.45, 2.75) is 6.54 Å². The molecule has 0 aliphatic rings. The number of ether oxygens (including phenoxy) is 1. The van der Waals surface area contributed by atoms with Crippen LogP contribution in [0, 0.1) is 0 Å². The van der Waals surface area contributed by atoms with Crippen molar-refractivity contribution in [3.05, 3.63) is 81.4 Å². The minimum absolute atomic E-state index is 0.0262. The maximum Gasteiger partial charge on any atom is 0.263 e. The number of amides is 1. The third-order valence-electron chi connectivity index (χ3n) is 3.64. The first-order valence-electron chi connectivity index (χ1n) is 8.16. The van der Waals surface area contributed by atoms with Crippen LogP contribution < -0.4 is 21.3 Å². The molecule has 0 spiro atoms. The number of nitrogens with two attached hydrogens (primary N) is 1. The van der Waals surface area contributed by atoms with Gasteiger partial charge in [0.1, 0.15) is 17.1 Å². The zero-order valence-electron chi connectivity index (χ0n) is 14.3. The summed E-state index contributed by atoms with van der Waals surface area (Å²) in [6, 6.07) is 11.9. The fraction of sp³-hybridized carbons (Fsp3) is 0.105. The zero-order valence-corrected chi connectivity index (χ0v) is 15.8. The van der Waals surface area contributed by atoms with Gasteiger partial charge in [0, 0.05) is 47.9 Å². The van der Waals surface area contributed by atoms with Crippen molar-refractivity contribution in [2.24, 2.45) is 5.73 Å². The highest BCUT2D eigenvalue weighted by atomic mass is 79.9. The van der Waals surface area contributed by atoms with Crippen LogP contribution in [0.1, 0.15) is 10.4 Å². The van der Waals surface area contributed by atoms with E-state index in [1.54, 1.807) is 55.0 Å². The standard InChI is InChI=1S/C19H17BrN4O3/c20-13-10-17(19(26)24(12-13)9-6-21)18(25)23-14-2-1-3-16(11-14)27-15-4-7-22-8-5-15/h1-5,7-8,10-12H,6,9,21H2,(H,23,25). The summed E-state index contributed by atoms with van der Waals surface area (Å²) < 4.78 is 7.75. The van der Waals surface area contributed by atoms with Crippen LogP contribution in [0.3, 0.4) is 0 Å². The minimum Gasteiger partial charge on any atom is -0.457 e. The fourth-order valence-electron chi connectivity index (χ4n) is 2.45. The van der Waals surface area contributed by atoms with Crippen molar-refractivity contribution in [3.8, 4) is 11.5 Å². The Balaban J connectivity index is 1.81. The Kier molecular flexibility index (Phi) is 6.00. The SMILES string of the molecule is NCCn1cc(Br)cc(C(=O)Nc2cccc(Oc3ccncc3)c2)c1=O. The number of rotatable bonds is 6. The first-order chi connectivity index (χ1) is 13.1. The summed E-state index contributed by atoms with van der Waals surface area (Å²) in [5.41, 5.74) is 5.65. The predicted molar refractivity (Wildman–Crippen MR) is 106 cm³/mol. The largest absolute Gasteiger partial charge is 0.457 e. The van der Waals surface area contributed by atoms with Crippen LogP contribution in [0.4, 0.5) is 5.69 Å². The van der Waals surface area contributed by atoms with E-state index in [4.69, 9.17) is 10.5 Å². The van der Waals surface area contributed by atoms with Gasteiger partial charge in [-0.2, -0.15) is 0 Å². The van der Waals surface area contributed by atoms with Crippen LogP contribution in [0.25, 0.3) is 0 Å². The lowest BCUT2D eigenvalue weighted by molar-refractivity contribution is 0.102.